The zero-order valence-corrected chi connectivity index (χ0v) is 14.5. The van der Waals surface area contributed by atoms with Crippen molar-refractivity contribution in [3.05, 3.63) is 120 Å². The number of hydrogen-bond acceptors (Lipinski definition) is 0. The lowest BCUT2D eigenvalue weighted by Crippen LogP contribution is -2.37. The molecule has 0 amide bonds. The fourth-order valence-corrected chi connectivity index (χ4v) is 4.05. The highest BCUT2D eigenvalue weighted by Gasteiger charge is 2.41. The Morgan fingerprint density at radius 1 is 0.652 bits per heavy atom. The summed E-state index contributed by atoms with van der Waals surface area (Å²) in [6, 6.07) is 31.9. The Bertz CT molecular complexity index is 651. The summed E-state index contributed by atoms with van der Waals surface area (Å²) in [5.41, 5.74) is 3.43. The van der Waals surface area contributed by atoms with Crippen LogP contribution in [0.2, 0.25) is 0 Å². The predicted molar refractivity (Wildman–Crippen MR) is 102 cm³/mol. The van der Waals surface area contributed by atoms with Gasteiger partial charge in [0.15, 0.2) is 0 Å². The van der Waals surface area contributed by atoms with Crippen molar-refractivity contribution in [2.24, 2.45) is 0 Å². The van der Waals surface area contributed by atoms with Gasteiger partial charge in [-0.05, 0) is 16.7 Å². The standard InChI is InChI=1S/C22H19Br/c1-2-21(23)22(18-12-6-3-7-13-18,19-14-8-4-9-15-19)20-16-10-5-11-17-20/h2-17,21H,1H2. The van der Waals surface area contributed by atoms with E-state index in [4.69, 9.17) is 0 Å². The molecule has 1 atom stereocenters. The van der Waals surface area contributed by atoms with E-state index >= 15 is 0 Å². The molecule has 1 heteroatoms. The fraction of sp³-hybridized carbons (Fsp3) is 0.0909. The van der Waals surface area contributed by atoms with Crippen molar-refractivity contribution in [3.8, 4) is 0 Å². The van der Waals surface area contributed by atoms with E-state index in [-0.39, 0.29) is 10.2 Å². The molecule has 3 aromatic rings. The van der Waals surface area contributed by atoms with Gasteiger partial charge in [0.2, 0.25) is 0 Å². The predicted octanol–water partition coefficient (Wildman–Crippen LogP) is 5.97. The lowest BCUT2D eigenvalue weighted by atomic mass is 9.67. The highest BCUT2D eigenvalue weighted by atomic mass is 79.9. The third-order valence-electron chi connectivity index (χ3n) is 4.31. The second-order valence-corrected chi connectivity index (χ2v) is 6.53. The summed E-state index contributed by atoms with van der Waals surface area (Å²) in [4.78, 5) is 0.0715. The zero-order valence-electron chi connectivity index (χ0n) is 12.9. The summed E-state index contributed by atoms with van der Waals surface area (Å²) in [7, 11) is 0. The SMILES string of the molecule is C=CC(Br)C(c1ccccc1)(c1ccccc1)c1ccccc1. The van der Waals surface area contributed by atoms with E-state index in [1.54, 1.807) is 0 Å². The minimum Gasteiger partial charge on any atom is -0.102 e. The summed E-state index contributed by atoms with van der Waals surface area (Å²) in [6.45, 7) is 4.06. The summed E-state index contributed by atoms with van der Waals surface area (Å²) in [5.74, 6) is 0. The molecule has 0 bridgehead atoms. The van der Waals surface area contributed by atoms with E-state index < -0.39 is 0 Å². The van der Waals surface area contributed by atoms with Gasteiger partial charge in [0.25, 0.3) is 0 Å². The van der Waals surface area contributed by atoms with Gasteiger partial charge in [-0.25, -0.2) is 0 Å². The molecular weight excluding hydrogens is 344 g/mol. The fourth-order valence-electron chi connectivity index (χ4n) is 3.26. The van der Waals surface area contributed by atoms with Gasteiger partial charge >= 0.3 is 0 Å². The van der Waals surface area contributed by atoms with Crippen LogP contribution in [0.1, 0.15) is 16.7 Å². The number of benzene rings is 3. The van der Waals surface area contributed by atoms with E-state index in [0.717, 1.165) is 0 Å². The van der Waals surface area contributed by atoms with Crippen molar-refractivity contribution in [3.63, 3.8) is 0 Å². The Morgan fingerprint density at radius 3 is 1.22 bits per heavy atom. The molecule has 0 nitrogen and oxygen atoms in total. The molecule has 0 N–H and O–H groups in total. The van der Waals surface area contributed by atoms with Gasteiger partial charge in [0.05, 0.1) is 10.2 Å². The van der Waals surface area contributed by atoms with Crippen LogP contribution in [-0.2, 0) is 5.41 Å². The van der Waals surface area contributed by atoms with Crippen molar-refractivity contribution in [2.75, 3.05) is 0 Å². The van der Waals surface area contributed by atoms with E-state index in [0.29, 0.717) is 0 Å². The first-order valence-corrected chi connectivity index (χ1v) is 8.65. The number of alkyl halides is 1. The summed E-state index contributed by atoms with van der Waals surface area (Å²) >= 11 is 3.89. The Kier molecular flexibility index (Phi) is 4.78. The van der Waals surface area contributed by atoms with E-state index in [1.165, 1.54) is 16.7 Å². The minimum atomic E-state index is -0.314. The lowest BCUT2D eigenvalue weighted by Gasteiger charge is -2.39. The highest BCUT2D eigenvalue weighted by Crippen LogP contribution is 2.45. The maximum atomic E-state index is 4.06. The smallest absolute Gasteiger partial charge is 0.0610 e. The van der Waals surface area contributed by atoms with E-state index in [1.807, 2.05) is 6.08 Å². The van der Waals surface area contributed by atoms with Crippen LogP contribution in [0.5, 0.6) is 0 Å². The van der Waals surface area contributed by atoms with Gasteiger partial charge in [-0.2, -0.15) is 0 Å². The number of hydrogen-bond donors (Lipinski definition) is 0. The third kappa shape index (κ3) is 2.77. The summed E-state index contributed by atoms with van der Waals surface area (Å²) in [5, 5.41) is 0. The summed E-state index contributed by atoms with van der Waals surface area (Å²) < 4.78 is 0. The molecule has 3 rings (SSSR count). The number of halogens is 1. The average molecular weight is 363 g/mol. The summed E-state index contributed by atoms with van der Waals surface area (Å²) in [6.07, 6.45) is 1.98. The molecule has 0 saturated heterocycles. The Hall–Kier alpha value is -2.12. The normalized spacial score (nSPS) is 12.6. The van der Waals surface area contributed by atoms with Crippen LogP contribution in [-0.4, -0.2) is 4.83 Å². The van der Waals surface area contributed by atoms with E-state index in [2.05, 4.69) is 114 Å². The van der Waals surface area contributed by atoms with Crippen LogP contribution in [0, 0.1) is 0 Å². The molecule has 0 aliphatic rings. The Balaban J connectivity index is 2.38. The molecule has 0 aliphatic heterocycles. The molecule has 23 heavy (non-hydrogen) atoms. The van der Waals surface area contributed by atoms with Gasteiger partial charge in [-0.15, -0.1) is 6.58 Å². The maximum absolute atomic E-state index is 4.06. The van der Waals surface area contributed by atoms with Crippen molar-refractivity contribution in [1.82, 2.24) is 0 Å². The minimum absolute atomic E-state index is 0.0715. The molecule has 0 heterocycles. The van der Waals surface area contributed by atoms with Gasteiger partial charge in [-0.3, -0.25) is 0 Å². The van der Waals surface area contributed by atoms with Crippen molar-refractivity contribution in [1.29, 1.82) is 0 Å². The molecule has 0 radical (unpaired) electrons. The van der Waals surface area contributed by atoms with Gasteiger partial charge in [-0.1, -0.05) is 113 Å². The van der Waals surface area contributed by atoms with Gasteiger partial charge in [0, 0.05) is 0 Å². The largest absolute Gasteiger partial charge is 0.102 e. The highest BCUT2D eigenvalue weighted by molar-refractivity contribution is 9.09. The molecule has 3 aromatic carbocycles. The zero-order chi connectivity index (χ0) is 16.1. The van der Waals surface area contributed by atoms with Crippen molar-refractivity contribution < 1.29 is 0 Å². The van der Waals surface area contributed by atoms with Crippen LogP contribution in [0.3, 0.4) is 0 Å². The van der Waals surface area contributed by atoms with Crippen LogP contribution in [0.15, 0.2) is 104 Å². The molecular formula is C22H19Br. The molecule has 114 valence electrons. The van der Waals surface area contributed by atoms with Gasteiger partial charge in [0.1, 0.15) is 0 Å². The molecule has 0 aromatic heterocycles. The van der Waals surface area contributed by atoms with Crippen LogP contribution in [0.4, 0.5) is 0 Å². The first-order chi connectivity index (χ1) is 11.3. The Morgan fingerprint density at radius 2 is 0.957 bits per heavy atom. The number of rotatable bonds is 5. The third-order valence-corrected chi connectivity index (χ3v) is 5.37. The molecule has 1 unspecified atom stereocenters. The van der Waals surface area contributed by atoms with Crippen molar-refractivity contribution in [2.45, 2.75) is 10.2 Å². The molecule has 0 spiro atoms. The van der Waals surface area contributed by atoms with Crippen LogP contribution in [0.25, 0.3) is 0 Å². The first kappa shape index (κ1) is 15.8. The second-order valence-electron chi connectivity index (χ2n) is 5.54. The monoisotopic (exact) mass is 362 g/mol. The molecule has 0 aliphatic carbocycles. The first-order valence-electron chi connectivity index (χ1n) is 7.73. The maximum Gasteiger partial charge on any atom is 0.0610 e. The van der Waals surface area contributed by atoms with E-state index in [9.17, 15) is 0 Å². The second kappa shape index (κ2) is 6.97. The van der Waals surface area contributed by atoms with Gasteiger partial charge < -0.3 is 0 Å². The van der Waals surface area contributed by atoms with Crippen LogP contribution < -0.4 is 0 Å². The lowest BCUT2D eigenvalue weighted by molar-refractivity contribution is 0.648. The van der Waals surface area contributed by atoms with Crippen molar-refractivity contribution >= 4 is 15.9 Å². The quantitative estimate of drug-likeness (QED) is 0.298. The van der Waals surface area contributed by atoms with Crippen LogP contribution >= 0.6 is 15.9 Å². The molecule has 0 saturated carbocycles. The topological polar surface area (TPSA) is 0 Å². The molecule has 0 fully saturated rings. The Labute approximate surface area is 146 Å². The number of allylic oxidation sites excluding steroid dienone is 1. The average Bonchev–Trinajstić information content (AvgIpc) is 2.65.